The van der Waals surface area contributed by atoms with E-state index in [-0.39, 0.29) is 22.8 Å². The molecule has 1 aliphatic carbocycles. The Morgan fingerprint density at radius 2 is 1.83 bits per heavy atom. The highest BCUT2D eigenvalue weighted by atomic mass is 19.4. The first kappa shape index (κ1) is 25.7. The number of benzene rings is 2. The summed E-state index contributed by atoms with van der Waals surface area (Å²) in [7, 11) is 2.79. The maximum atomic E-state index is 12.5. The quantitative estimate of drug-likeness (QED) is 0.369. The molecule has 3 aromatic rings. The van der Waals surface area contributed by atoms with Gasteiger partial charge in [0.05, 0.1) is 25.3 Å². The maximum Gasteiger partial charge on any atom is 0.573 e. The molecule has 1 fully saturated rings. The van der Waals surface area contributed by atoms with Crippen LogP contribution in [0.4, 0.5) is 24.8 Å². The van der Waals surface area contributed by atoms with Crippen LogP contribution in [0, 0.1) is 11.3 Å². The van der Waals surface area contributed by atoms with Gasteiger partial charge >= 0.3 is 12.3 Å². The zero-order valence-electron chi connectivity index (χ0n) is 20.9. The Labute approximate surface area is 207 Å². The van der Waals surface area contributed by atoms with Crippen LogP contribution in [0.15, 0.2) is 36.4 Å². The third kappa shape index (κ3) is 5.52. The van der Waals surface area contributed by atoms with Crippen molar-refractivity contribution in [2.45, 2.75) is 52.4 Å². The molecule has 1 aromatic heterocycles. The third-order valence-corrected chi connectivity index (χ3v) is 6.49. The van der Waals surface area contributed by atoms with Crippen molar-refractivity contribution in [2.24, 2.45) is 11.3 Å². The van der Waals surface area contributed by atoms with Gasteiger partial charge in [-0.05, 0) is 60.9 Å². The second-order valence-corrected chi connectivity index (χ2v) is 10.1. The number of rotatable bonds is 6. The predicted octanol–water partition coefficient (Wildman–Crippen LogP) is 6.86. The van der Waals surface area contributed by atoms with Crippen LogP contribution >= 0.6 is 0 Å². The molecule has 194 valence electrons. The van der Waals surface area contributed by atoms with Gasteiger partial charge in [-0.15, -0.1) is 13.2 Å². The number of anilines is 2. The van der Waals surface area contributed by atoms with E-state index in [2.05, 4.69) is 35.4 Å². The normalized spacial score (nSPS) is 19.7. The molecule has 7 nitrogen and oxygen atoms in total. The smallest absolute Gasteiger partial charge is 0.496 e. The molecule has 0 aliphatic heterocycles. The molecule has 10 heteroatoms. The molecule has 0 spiro atoms. The van der Waals surface area contributed by atoms with Gasteiger partial charge in [0.25, 0.3) is 0 Å². The van der Waals surface area contributed by atoms with Crippen molar-refractivity contribution in [1.82, 2.24) is 9.55 Å². The van der Waals surface area contributed by atoms with Crippen LogP contribution in [0.2, 0.25) is 0 Å². The van der Waals surface area contributed by atoms with Crippen molar-refractivity contribution in [3.05, 3.63) is 42.0 Å². The number of methoxy groups -OCH3 is 2. The van der Waals surface area contributed by atoms with Crippen LogP contribution in [0.5, 0.6) is 11.5 Å². The average molecular weight is 506 g/mol. The van der Waals surface area contributed by atoms with Crippen LogP contribution in [0.1, 0.15) is 56.4 Å². The molecule has 2 atom stereocenters. The Bertz CT molecular complexity index is 1250. The summed E-state index contributed by atoms with van der Waals surface area (Å²) in [4.78, 5) is 17.1. The fourth-order valence-corrected chi connectivity index (χ4v) is 5.38. The van der Waals surface area contributed by atoms with Crippen molar-refractivity contribution in [1.29, 1.82) is 0 Å². The Hall–Kier alpha value is -3.43. The van der Waals surface area contributed by atoms with Gasteiger partial charge < -0.3 is 24.1 Å². The van der Waals surface area contributed by atoms with Gasteiger partial charge in [-0.3, -0.25) is 0 Å². The van der Waals surface area contributed by atoms with E-state index in [9.17, 15) is 18.0 Å². The van der Waals surface area contributed by atoms with E-state index < -0.39 is 12.3 Å². The van der Waals surface area contributed by atoms with E-state index >= 15 is 0 Å². The molecule has 0 amide bonds. The Morgan fingerprint density at radius 3 is 2.42 bits per heavy atom. The lowest BCUT2D eigenvalue weighted by atomic mass is 9.70. The van der Waals surface area contributed by atoms with E-state index in [1.807, 2.05) is 0 Å². The molecule has 1 saturated carbocycles. The summed E-state index contributed by atoms with van der Waals surface area (Å²) < 4.78 is 54.1. The van der Waals surface area contributed by atoms with Crippen molar-refractivity contribution < 1.29 is 32.2 Å². The highest BCUT2D eigenvalue weighted by molar-refractivity contribution is 5.97. The number of nitrogens with zero attached hydrogens (tertiary/aromatic N) is 2. The molecule has 36 heavy (non-hydrogen) atoms. The average Bonchev–Trinajstić information content (AvgIpc) is 3.13. The first-order valence-electron chi connectivity index (χ1n) is 11.7. The van der Waals surface area contributed by atoms with Gasteiger partial charge in [0.15, 0.2) is 0 Å². The summed E-state index contributed by atoms with van der Waals surface area (Å²) in [6.07, 6.45) is -1.81. The highest BCUT2D eigenvalue weighted by Gasteiger charge is 2.35. The topological polar surface area (TPSA) is 74.6 Å². The monoisotopic (exact) mass is 505 g/mol. The van der Waals surface area contributed by atoms with Gasteiger partial charge in [-0.1, -0.05) is 20.8 Å². The second-order valence-electron chi connectivity index (χ2n) is 10.1. The number of nitrogens with one attached hydrogen (secondary N) is 1. The van der Waals surface area contributed by atoms with Crippen molar-refractivity contribution in [2.75, 3.05) is 19.5 Å². The summed E-state index contributed by atoms with van der Waals surface area (Å²) in [5, 5.41) is 3.25. The molecule has 0 unspecified atom stereocenters. The Kier molecular flexibility index (Phi) is 6.81. The number of carbonyl (C=O) groups is 1. The molecule has 0 bridgehead atoms. The highest BCUT2D eigenvalue weighted by Crippen LogP contribution is 2.46. The minimum Gasteiger partial charge on any atom is -0.496 e. The number of fused-ring (bicyclic) bond motifs is 1. The summed E-state index contributed by atoms with van der Waals surface area (Å²) in [5.41, 5.74) is 2.28. The van der Waals surface area contributed by atoms with Gasteiger partial charge in [0.1, 0.15) is 17.1 Å². The van der Waals surface area contributed by atoms with Crippen molar-refractivity contribution in [3.63, 3.8) is 0 Å². The van der Waals surface area contributed by atoms with Crippen LogP contribution in [0.25, 0.3) is 11.0 Å². The van der Waals surface area contributed by atoms with Crippen LogP contribution in [-0.2, 0) is 4.74 Å². The molecule has 0 radical (unpaired) electrons. The third-order valence-electron chi connectivity index (χ3n) is 6.49. The number of hydrogen-bond acceptors (Lipinski definition) is 6. The lowest BCUT2D eigenvalue weighted by Gasteiger charge is -2.40. The van der Waals surface area contributed by atoms with Gasteiger partial charge in [0.2, 0.25) is 5.95 Å². The fourth-order valence-electron chi connectivity index (χ4n) is 5.38. The molecular weight excluding hydrogens is 475 g/mol. The van der Waals surface area contributed by atoms with Crippen LogP contribution in [-0.4, -0.2) is 36.1 Å². The summed E-state index contributed by atoms with van der Waals surface area (Å²) in [6.45, 7) is 6.73. The lowest BCUT2D eigenvalue weighted by molar-refractivity contribution is -0.274. The van der Waals surface area contributed by atoms with Crippen LogP contribution < -0.4 is 14.8 Å². The Morgan fingerprint density at radius 1 is 1.14 bits per heavy atom. The predicted molar refractivity (Wildman–Crippen MR) is 130 cm³/mol. The second kappa shape index (κ2) is 9.55. The van der Waals surface area contributed by atoms with E-state index in [0.717, 1.165) is 24.8 Å². The first-order valence-corrected chi connectivity index (χ1v) is 11.7. The first-order chi connectivity index (χ1) is 16.9. The molecule has 0 saturated heterocycles. The van der Waals surface area contributed by atoms with Gasteiger partial charge in [0, 0.05) is 17.8 Å². The number of alkyl halides is 3. The number of ether oxygens (including phenoxy) is 3. The summed E-state index contributed by atoms with van der Waals surface area (Å²) in [6, 6.07) is 9.01. The molecule has 1 aliphatic rings. The van der Waals surface area contributed by atoms with Crippen LogP contribution in [0.3, 0.4) is 0 Å². The van der Waals surface area contributed by atoms with Crippen molar-refractivity contribution in [3.8, 4) is 11.5 Å². The van der Waals surface area contributed by atoms with E-state index in [4.69, 9.17) is 14.5 Å². The zero-order valence-corrected chi connectivity index (χ0v) is 20.9. The standard InChI is InChI=1S/C26H30F3N3O4/c1-15-10-17(14-25(2,3)13-15)32-21-12-22(34-4)19(23(33)35-5)11-20(21)31-24(32)30-16-6-8-18(9-7-16)36-26(27,28)29/h6-9,11-12,15,17H,10,13-14H2,1-5H3,(H,30,31)/t15-,17+/m0/s1. The minimum atomic E-state index is -4.76. The number of halogens is 3. The number of hydrogen-bond donors (Lipinski definition) is 1. The molecule has 2 aromatic carbocycles. The number of imidazole rings is 1. The SMILES string of the molecule is COC(=O)c1cc2nc(Nc3ccc(OC(F)(F)F)cc3)n([C@@H]3C[C@H](C)CC(C)(C)C3)c2cc1OC. The Balaban J connectivity index is 1.80. The lowest BCUT2D eigenvalue weighted by Crippen LogP contribution is -2.29. The number of esters is 1. The zero-order chi connectivity index (χ0) is 26.3. The molecule has 4 rings (SSSR count). The molecular formula is C26H30F3N3O4. The molecule has 1 N–H and O–H groups in total. The number of aromatic nitrogens is 2. The maximum absolute atomic E-state index is 12.5. The fraction of sp³-hybridized carbons (Fsp3) is 0.462. The minimum absolute atomic E-state index is 0.109. The van der Waals surface area contributed by atoms with Gasteiger partial charge in [-0.2, -0.15) is 0 Å². The van der Waals surface area contributed by atoms with Crippen molar-refractivity contribution >= 4 is 28.6 Å². The number of carbonyl (C=O) groups excluding carboxylic acids is 1. The molecule has 1 heterocycles. The van der Waals surface area contributed by atoms with E-state index in [1.54, 1.807) is 12.1 Å². The largest absolute Gasteiger partial charge is 0.573 e. The van der Waals surface area contributed by atoms with E-state index in [0.29, 0.717) is 28.8 Å². The summed E-state index contributed by atoms with van der Waals surface area (Å²) in [5.74, 6) is 0.536. The van der Waals surface area contributed by atoms with E-state index in [1.165, 1.54) is 38.5 Å². The van der Waals surface area contributed by atoms with Gasteiger partial charge in [-0.25, -0.2) is 9.78 Å². The summed E-state index contributed by atoms with van der Waals surface area (Å²) >= 11 is 0.